The minimum Gasteiger partial charge on any atom is -0.494 e. The summed E-state index contributed by atoms with van der Waals surface area (Å²) in [5, 5.41) is 0. The van der Waals surface area contributed by atoms with Crippen molar-refractivity contribution in [3.05, 3.63) is 22.2 Å². The number of hydrogen-bond acceptors (Lipinski definition) is 3. The normalized spacial score (nSPS) is 18.7. The van der Waals surface area contributed by atoms with Gasteiger partial charge in [-0.05, 0) is 52.7 Å². The van der Waals surface area contributed by atoms with E-state index >= 15 is 0 Å². The SMILES string of the molecule is COc1c(Br)cc(C2(N)CCCCC2)cc1SC. The lowest BCUT2D eigenvalue weighted by Crippen LogP contribution is -2.38. The maximum atomic E-state index is 6.59. The summed E-state index contributed by atoms with van der Waals surface area (Å²) in [6.45, 7) is 0. The van der Waals surface area contributed by atoms with Crippen molar-refractivity contribution in [3.63, 3.8) is 0 Å². The molecule has 1 saturated carbocycles. The van der Waals surface area contributed by atoms with E-state index < -0.39 is 0 Å². The third-order valence-corrected chi connectivity index (χ3v) is 5.09. The Morgan fingerprint density at radius 1 is 1.28 bits per heavy atom. The number of rotatable bonds is 3. The molecule has 0 saturated heterocycles. The van der Waals surface area contributed by atoms with Crippen LogP contribution in [0, 0.1) is 0 Å². The Balaban J connectivity index is 2.42. The Morgan fingerprint density at radius 3 is 2.50 bits per heavy atom. The molecular formula is C14H20BrNOS. The van der Waals surface area contributed by atoms with Crippen LogP contribution in [0.4, 0.5) is 0 Å². The molecular weight excluding hydrogens is 310 g/mol. The molecule has 0 amide bonds. The van der Waals surface area contributed by atoms with Crippen LogP contribution in [0.5, 0.6) is 5.75 Å². The maximum Gasteiger partial charge on any atom is 0.146 e. The van der Waals surface area contributed by atoms with Gasteiger partial charge in [-0.1, -0.05) is 19.3 Å². The van der Waals surface area contributed by atoms with Crippen molar-refractivity contribution in [2.24, 2.45) is 5.73 Å². The molecule has 0 atom stereocenters. The van der Waals surface area contributed by atoms with Gasteiger partial charge in [0, 0.05) is 5.54 Å². The molecule has 0 radical (unpaired) electrons. The monoisotopic (exact) mass is 329 g/mol. The molecule has 1 fully saturated rings. The van der Waals surface area contributed by atoms with Gasteiger partial charge >= 0.3 is 0 Å². The lowest BCUT2D eigenvalue weighted by atomic mass is 9.77. The summed E-state index contributed by atoms with van der Waals surface area (Å²) in [6, 6.07) is 4.32. The largest absolute Gasteiger partial charge is 0.494 e. The Morgan fingerprint density at radius 2 is 1.94 bits per heavy atom. The van der Waals surface area contributed by atoms with Crippen LogP contribution in [0.15, 0.2) is 21.5 Å². The summed E-state index contributed by atoms with van der Waals surface area (Å²) < 4.78 is 6.44. The average Bonchev–Trinajstić information content (AvgIpc) is 2.38. The fourth-order valence-electron chi connectivity index (χ4n) is 2.68. The van der Waals surface area contributed by atoms with E-state index in [1.165, 1.54) is 24.8 Å². The summed E-state index contributed by atoms with van der Waals surface area (Å²) in [4.78, 5) is 1.15. The van der Waals surface area contributed by atoms with Crippen molar-refractivity contribution in [2.75, 3.05) is 13.4 Å². The second kappa shape index (κ2) is 5.85. The summed E-state index contributed by atoms with van der Waals surface area (Å²) >= 11 is 5.30. The zero-order valence-electron chi connectivity index (χ0n) is 11.0. The van der Waals surface area contributed by atoms with Crippen LogP contribution in [-0.2, 0) is 5.54 Å². The van der Waals surface area contributed by atoms with Crippen LogP contribution in [0.2, 0.25) is 0 Å². The number of thioether (sulfide) groups is 1. The van der Waals surface area contributed by atoms with Gasteiger partial charge in [0.05, 0.1) is 16.5 Å². The van der Waals surface area contributed by atoms with E-state index in [2.05, 4.69) is 34.3 Å². The lowest BCUT2D eigenvalue weighted by Gasteiger charge is -2.34. The van der Waals surface area contributed by atoms with Gasteiger partial charge in [0.15, 0.2) is 0 Å². The van der Waals surface area contributed by atoms with E-state index in [4.69, 9.17) is 10.5 Å². The van der Waals surface area contributed by atoms with Gasteiger partial charge in [0.2, 0.25) is 0 Å². The number of hydrogen-bond donors (Lipinski definition) is 1. The first-order valence-electron chi connectivity index (χ1n) is 6.31. The molecule has 1 aromatic carbocycles. The van der Waals surface area contributed by atoms with Gasteiger partial charge < -0.3 is 10.5 Å². The second-order valence-electron chi connectivity index (χ2n) is 4.91. The molecule has 2 nitrogen and oxygen atoms in total. The maximum absolute atomic E-state index is 6.59. The van der Waals surface area contributed by atoms with Crippen molar-refractivity contribution in [2.45, 2.75) is 42.5 Å². The van der Waals surface area contributed by atoms with Crippen LogP contribution in [0.3, 0.4) is 0 Å². The van der Waals surface area contributed by atoms with Gasteiger partial charge in [-0.2, -0.15) is 0 Å². The highest BCUT2D eigenvalue weighted by atomic mass is 79.9. The third kappa shape index (κ3) is 2.70. The fourth-order valence-corrected chi connectivity index (χ4v) is 4.05. The smallest absolute Gasteiger partial charge is 0.146 e. The van der Waals surface area contributed by atoms with Crippen molar-refractivity contribution in [1.29, 1.82) is 0 Å². The Bertz CT molecular complexity index is 430. The molecule has 18 heavy (non-hydrogen) atoms. The molecule has 1 aliphatic carbocycles. The quantitative estimate of drug-likeness (QED) is 0.840. The summed E-state index contributed by atoms with van der Waals surface area (Å²) in [5.74, 6) is 0.908. The first-order valence-corrected chi connectivity index (χ1v) is 8.33. The Labute approximate surface area is 122 Å². The van der Waals surface area contributed by atoms with E-state index in [0.29, 0.717) is 0 Å². The molecule has 0 spiro atoms. The van der Waals surface area contributed by atoms with Crippen LogP contribution >= 0.6 is 27.7 Å². The predicted octanol–water partition coefficient (Wildman–Crippen LogP) is 4.30. The lowest BCUT2D eigenvalue weighted by molar-refractivity contribution is 0.301. The molecule has 100 valence electrons. The summed E-state index contributed by atoms with van der Waals surface area (Å²) in [6.07, 6.45) is 8.01. The number of benzene rings is 1. The molecule has 1 aliphatic rings. The Hall–Kier alpha value is -0.190. The first kappa shape index (κ1) is 14.2. The van der Waals surface area contributed by atoms with E-state index in [9.17, 15) is 0 Å². The number of nitrogens with two attached hydrogens (primary N) is 1. The van der Waals surface area contributed by atoms with Crippen molar-refractivity contribution in [1.82, 2.24) is 0 Å². The van der Waals surface area contributed by atoms with E-state index in [0.717, 1.165) is 28.0 Å². The molecule has 1 aromatic rings. The van der Waals surface area contributed by atoms with Gasteiger partial charge in [-0.25, -0.2) is 0 Å². The van der Waals surface area contributed by atoms with Gasteiger partial charge in [0.25, 0.3) is 0 Å². The zero-order chi connectivity index (χ0) is 13.2. The first-order chi connectivity index (χ1) is 8.60. The highest BCUT2D eigenvalue weighted by Crippen LogP contribution is 2.42. The molecule has 0 aromatic heterocycles. The van der Waals surface area contributed by atoms with Crippen LogP contribution in [0.1, 0.15) is 37.7 Å². The standard InChI is InChI=1S/C14H20BrNOS/c1-17-13-11(15)8-10(9-12(13)18-2)14(16)6-4-3-5-7-14/h8-9H,3-7,16H2,1-2H3. The van der Waals surface area contributed by atoms with Gasteiger partial charge in [-0.15, -0.1) is 11.8 Å². The van der Waals surface area contributed by atoms with E-state index in [-0.39, 0.29) is 5.54 Å². The second-order valence-corrected chi connectivity index (χ2v) is 6.61. The van der Waals surface area contributed by atoms with Crippen LogP contribution in [-0.4, -0.2) is 13.4 Å². The van der Waals surface area contributed by atoms with E-state index in [1.807, 2.05) is 0 Å². The number of ether oxygens (including phenoxy) is 1. The van der Waals surface area contributed by atoms with Crippen molar-refractivity contribution in [3.8, 4) is 5.75 Å². The van der Waals surface area contributed by atoms with Crippen LogP contribution < -0.4 is 10.5 Å². The average molecular weight is 330 g/mol. The summed E-state index contributed by atoms with van der Waals surface area (Å²) in [7, 11) is 1.71. The zero-order valence-corrected chi connectivity index (χ0v) is 13.4. The fraction of sp³-hybridized carbons (Fsp3) is 0.571. The van der Waals surface area contributed by atoms with Crippen molar-refractivity contribution >= 4 is 27.7 Å². The minimum atomic E-state index is -0.155. The molecule has 0 heterocycles. The molecule has 0 unspecified atom stereocenters. The minimum absolute atomic E-state index is 0.155. The number of halogens is 1. The predicted molar refractivity (Wildman–Crippen MR) is 81.4 cm³/mol. The molecule has 2 rings (SSSR count). The third-order valence-electron chi connectivity index (χ3n) is 3.75. The molecule has 0 bridgehead atoms. The topological polar surface area (TPSA) is 35.2 Å². The van der Waals surface area contributed by atoms with Crippen LogP contribution in [0.25, 0.3) is 0 Å². The Kier molecular flexibility index (Phi) is 4.62. The highest BCUT2D eigenvalue weighted by Gasteiger charge is 2.30. The van der Waals surface area contributed by atoms with E-state index in [1.54, 1.807) is 18.9 Å². The highest BCUT2D eigenvalue weighted by molar-refractivity contribution is 9.10. The number of methoxy groups -OCH3 is 1. The van der Waals surface area contributed by atoms with Gasteiger partial charge in [-0.3, -0.25) is 0 Å². The summed E-state index contributed by atoms with van der Waals surface area (Å²) in [5.41, 5.74) is 7.67. The molecule has 4 heteroatoms. The molecule has 0 aliphatic heterocycles. The molecule has 2 N–H and O–H groups in total. The van der Waals surface area contributed by atoms with Gasteiger partial charge in [0.1, 0.15) is 5.75 Å². The van der Waals surface area contributed by atoms with Crippen molar-refractivity contribution < 1.29 is 4.74 Å².